The molecule has 2 rings (SSSR count). The van der Waals surface area contributed by atoms with E-state index >= 15 is 26.3 Å². The van der Waals surface area contributed by atoms with E-state index in [0.29, 0.717) is 0 Å². The van der Waals surface area contributed by atoms with Gasteiger partial charge in [-0.1, -0.05) is 51.4 Å². The van der Waals surface area contributed by atoms with Crippen LogP contribution in [0.2, 0.25) is 78.6 Å². The van der Waals surface area contributed by atoms with Crippen molar-refractivity contribution in [3.63, 3.8) is 0 Å². The fraction of sp³-hybridized carbons (Fsp3) is 0.556. The molecule has 0 radical (unpaired) electrons. The number of hydrogen-bond acceptors (Lipinski definition) is 4. The van der Waals surface area contributed by atoms with Crippen molar-refractivity contribution in [1.82, 2.24) is 0 Å². The predicted molar refractivity (Wildman–Crippen MR) is 168 cm³/mol. The van der Waals surface area contributed by atoms with Gasteiger partial charge in [0.25, 0.3) is 0 Å². The normalized spacial score (nSPS) is 14.1. The van der Waals surface area contributed by atoms with Crippen LogP contribution < -0.4 is 18.8 Å². The molecule has 0 bridgehead atoms. The van der Waals surface area contributed by atoms with Crippen molar-refractivity contribution in [2.75, 3.05) is 9.96 Å². The summed E-state index contributed by atoms with van der Waals surface area (Å²) in [6.07, 6.45) is -11.4. The minimum atomic E-state index is -5.72. The van der Waals surface area contributed by atoms with Crippen LogP contribution >= 0.6 is 0 Å². The first-order valence-corrected chi connectivity index (χ1v) is 27.2. The first kappa shape index (κ1) is 35.3. The van der Waals surface area contributed by atoms with Crippen molar-refractivity contribution in [3.05, 3.63) is 47.5 Å². The largest absolute Gasteiger partial charge is 0.543 e. The molecule has 0 saturated heterocycles. The van der Waals surface area contributed by atoms with Crippen LogP contribution in [0.15, 0.2) is 36.4 Å². The highest BCUT2D eigenvalue weighted by atomic mass is 28.4. The van der Waals surface area contributed by atoms with Crippen LogP contribution in [-0.4, -0.2) is 45.5 Å². The lowest BCUT2D eigenvalue weighted by molar-refractivity contribution is -0.288. The fourth-order valence-electron chi connectivity index (χ4n) is 4.35. The number of anilines is 2. The summed E-state index contributed by atoms with van der Waals surface area (Å²) in [5.41, 5.74) is -5.92. The van der Waals surface area contributed by atoms with Crippen LogP contribution in [0.1, 0.15) is 11.1 Å². The molecule has 2 N–H and O–H groups in total. The summed E-state index contributed by atoms with van der Waals surface area (Å²) < 4.78 is 103. The molecule has 0 fully saturated rings. The Balaban J connectivity index is 3.02. The molecule has 14 heteroatoms. The lowest BCUT2D eigenvalue weighted by Crippen LogP contribution is -2.55. The summed E-state index contributed by atoms with van der Waals surface area (Å²) in [6.45, 7) is 22.8. The molecule has 0 aromatic heterocycles. The van der Waals surface area contributed by atoms with Crippen LogP contribution in [0.5, 0.6) is 11.5 Å². The minimum absolute atomic E-state index is 0.126. The quantitative estimate of drug-likeness (QED) is 0.198. The average molecular weight is 655 g/mol. The van der Waals surface area contributed by atoms with E-state index in [1.54, 1.807) is 0 Å². The second kappa shape index (κ2) is 11.3. The summed E-state index contributed by atoms with van der Waals surface area (Å²) in [5, 5.41) is 0. The summed E-state index contributed by atoms with van der Waals surface area (Å²) in [6, 6.07) is 6.17. The van der Waals surface area contributed by atoms with Gasteiger partial charge in [0.05, 0.1) is 11.4 Å². The summed E-state index contributed by atoms with van der Waals surface area (Å²) in [5.74, 6) is 0.488. The van der Waals surface area contributed by atoms with E-state index in [0.717, 1.165) is 24.3 Å². The van der Waals surface area contributed by atoms with E-state index in [1.165, 1.54) is 12.1 Å². The third-order valence-corrected chi connectivity index (χ3v) is 9.23. The van der Waals surface area contributed by atoms with Gasteiger partial charge in [0.15, 0.2) is 0 Å². The molecule has 0 aliphatic carbocycles. The van der Waals surface area contributed by atoms with Gasteiger partial charge in [-0.25, -0.2) is 0 Å². The van der Waals surface area contributed by atoms with Crippen molar-refractivity contribution >= 4 is 44.5 Å². The molecule has 0 spiro atoms. The van der Waals surface area contributed by atoms with E-state index < -0.39 is 62.0 Å². The van der Waals surface area contributed by atoms with Gasteiger partial charge in [-0.2, -0.15) is 26.3 Å². The van der Waals surface area contributed by atoms with E-state index in [9.17, 15) is 0 Å². The zero-order valence-corrected chi connectivity index (χ0v) is 30.0. The number of alkyl halides is 6. The van der Waals surface area contributed by atoms with E-state index in [4.69, 9.17) is 8.85 Å². The highest BCUT2D eigenvalue weighted by Crippen LogP contribution is 2.57. The number of hydrogen-bond donors (Lipinski definition) is 2. The second-order valence-electron chi connectivity index (χ2n) is 14.3. The highest BCUT2D eigenvalue weighted by molar-refractivity contribution is 6.79. The highest BCUT2D eigenvalue weighted by Gasteiger charge is 2.72. The molecule has 2 aromatic carbocycles. The number of benzene rings is 2. The van der Waals surface area contributed by atoms with E-state index in [-0.39, 0.29) is 22.9 Å². The molecule has 0 aliphatic heterocycles. The van der Waals surface area contributed by atoms with Gasteiger partial charge in [0.1, 0.15) is 28.0 Å². The Kier molecular flexibility index (Phi) is 9.73. The van der Waals surface area contributed by atoms with Gasteiger partial charge in [-0.05, 0) is 74.7 Å². The third-order valence-electron chi connectivity index (χ3n) is 5.53. The van der Waals surface area contributed by atoms with Crippen LogP contribution in [-0.2, 0) is 5.41 Å². The maximum Gasteiger partial charge on any atom is 0.411 e. The Morgan fingerprint density at radius 2 is 0.805 bits per heavy atom. The van der Waals surface area contributed by atoms with Crippen LogP contribution in [0, 0.1) is 0 Å². The summed E-state index contributed by atoms with van der Waals surface area (Å²) in [7, 11) is -8.93. The standard InChI is InChI=1S/C27H44F6N2O2Si4/c1-38(2,3)34-21-17-19(13-15-23(21)36-40(7,8)9)25(26(28,29)30,27(31,32)33)20-14-16-24(37-41(10,11)12)22(18-20)35-39(4,5)6/h13-18,34-35H,1-12H3. The number of rotatable bonds is 10. The van der Waals surface area contributed by atoms with Gasteiger partial charge in [0.2, 0.25) is 22.0 Å². The predicted octanol–water partition coefficient (Wildman–Crippen LogP) is 10.0. The van der Waals surface area contributed by atoms with Gasteiger partial charge >= 0.3 is 12.4 Å². The Labute approximate surface area is 244 Å². The Bertz CT molecular complexity index is 1130. The molecule has 4 nitrogen and oxygen atoms in total. The molecule has 0 saturated carbocycles. The van der Waals surface area contributed by atoms with E-state index in [2.05, 4.69) is 9.96 Å². The summed E-state index contributed by atoms with van der Waals surface area (Å²) >= 11 is 0. The SMILES string of the molecule is C[Si](C)(C)Nc1cc(C(c2ccc(O[Si](C)(C)C)c(N[Si](C)(C)C)c2)(C(F)(F)F)C(F)(F)F)ccc1O[Si](C)(C)C. The van der Waals surface area contributed by atoms with Crippen molar-refractivity contribution in [3.8, 4) is 11.5 Å². The van der Waals surface area contributed by atoms with Crippen LogP contribution in [0.4, 0.5) is 37.7 Å². The molecule has 0 unspecified atom stereocenters. The van der Waals surface area contributed by atoms with E-state index in [1.807, 2.05) is 78.6 Å². The molecule has 2 aromatic rings. The van der Waals surface area contributed by atoms with Gasteiger partial charge in [0, 0.05) is 0 Å². The van der Waals surface area contributed by atoms with Crippen molar-refractivity contribution in [1.29, 1.82) is 0 Å². The molecular formula is C27H44F6N2O2Si4. The lowest BCUT2D eigenvalue weighted by Gasteiger charge is -2.39. The topological polar surface area (TPSA) is 42.5 Å². The van der Waals surface area contributed by atoms with Gasteiger partial charge < -0.3 is 18.8 Å². The summed E-state index contributed by atoms with van der Waals surface area (Å²) in [4.78, 5) is 6.39. The Morgan fingerprint density at radius 3 is 1.02 bits per heavy atom. The zero-order valence-electron chi connectivity index (χ0n) is 26.0. The minimum Gasteiger partial charge on any atom is -0.543 e. The third kappa shape index (κ3) is 9.04. The van der Waals surface area contributed by atoms with Crippen LogP contribution in [0.25, 0.3) is 0 Å². The average Bonchev–Trinajstić information content (AvgIpc) is 2.65. The molecule has 0 aliphatic rings. The smallest absolute Gasteiger partial charge is 0.411 e. The Hall–Kier alpha value is -1.91. The first-order chi connectivity index (χ1) is 18.1. The lowest BCUT2D eigenvalue weighted by atomic mass is 9.72. The van der Waals surface area contributed by atoms with Crippen LogP contribution in [0.3, 0.4) is 0 Å². The van der Waals surface area contributed by atoms with Crippen molar-refractivity contribution < 1.29 is 35.2 Å². The molecular weight excluding hydrogens is 611 g/mol. The van der Waals surface area contributed by atoms with Crippen molar-refractivity contribution in [2.24, 2.45) is 0 Å². The number of halogens is 6. The van der Waals surface area contributed by atoms with Gasteiger partial charge in [-0.3, -0.25) is 0 Å². The zero-order chi connectivity index (χ0) is 32.0. The van der Waals surface area contributed by atoms with Crippen molar-refractivity contribution in [2.45, 2.75) is 96.3 Å². The molecule has 41 heavy (non-hydrogen) atoms. The first-order valence-electron chi connectivity index (χ1n) is 13.4. The monoisotopic (exact) mass is 654 g/mol. The number of nitrogens with one attached hydrogen (secondary N) is 2. The molecule has 0 heterocycles. The maximum absolute atomic E-state index is 15.1. The Morgan fingerprint density at radius 1 is 0.512 bits per heavy atom. The molecule has 0 atom stereocenters. The molecule has 232 valence electrons. The van der Waals surface area contributed by atoms with Gasteiger partial charge in [-0.15, -0.1) is 0 Å². The fourth-order valence-corrected chi connectivity index (χ4v) is 8.03. The molecule has 0 amide bonds. The second-order valence-corrected chi connectivity index (χ2v) is 32.7. The maximum atomic E-state index is 15.1.